The molecule has 3 aromatic heterocycles. The van der Waals surface area contributed by atoms with Crippen LogP contribution >= 0.6 is 11.6 Å². The Kier molecular flexibility index (Phi) is 5.46. The second-order valence-electron chi connectivity index (χ2n) is 5.90. The summed E-state index contributed by atoms with van der Waals surface area (Å²) in [5, 5.41) is 9.82. The van der Waals surface area contributed by atoms with Crippen LogP contribution in [0.3, 0.4) is 0 Å². The van der Waals surface area contributed by atoms with Crippen molar-refractivity contribution in [2.45, 2.75) is 19.1 Å². The van der Waals surface area contributed by atoms with Gasteiger partial charge >= 0.3 is 6.18 Å². The fraction of sp³-hybridized carbons (Fsp3) is 0.312. The molecule has 9 nitrogen and oxygen atoms in total. The van der Waals surface area contributed by atoms with E-state index in [9.17, 15) is 18.0 Å². The molecule has 1 unspecified atom stereocenters. The van der Waals surface area contributed by atoms with Crippen LogP contribution in [-0.2, 0) is 13.2 Å². The molecule has 1 atom stereocenters. The van der Waals surface area contributed by atoms with Crippen LogP contribution in [0.2, 0.25) is 5.02 Å². The number of methoxy groups -OCH3 is 1. The minimum atomic E-state index is -4.66. The number of aromatic nitrogens is 5. The molecule has 0 saturated carbocycles. The maximum Gasteiger partial charge on any atom is 0.435 e. The average molecular weight is 431 g/mol. The zero-order valence-corrected chi connectivity index (χ0v) is 16.0. The number of halogens is 4. The molecule has 0 aliphatic heterocycles. The molecule has 0 fully saturated rings. The Morgan fingerprint density at radius 3 is 2.72 bits per heavy atom. The molecule has 3 rings (SSSR count). The average Bonchev–Trinajstić information content (AvgIpc) is 3.29. The molecular formula is C16H14ClF3N6O3. The highest BCUT2D eigenvalue weighted by Crippen LogP contribution is 2.30. The number of hydrogen-bond acceptors (Lipinski definition) is 7. The van der Waals surface area contributed by atoms with Gasteiger partial charge in [0.2, 0.25) is 5.88 Å². The van der Waals surface area contributed by atoms with Gasteiger partial charge in [0.1, 0.15) is 5.69 Å². The van der Waals surface area contributed by atoms with Crippen LogP contribution in [-0.4, -0.2) is 37.9 Å². The molecule has 0 aliphatic carbocycles. The first-order valence-electron chi connectivity index (χ1n) is 8.05. The largest absolute Gasteiger partial charge is 0.481 e. The standard InChI is InChI=1S/C16H14ClF3N6O3/c1-7(22-14(27)10-5-11(16(18,19)20)24-26(10)2)13-23-15(29-25-13)8-4-12(28-3)21-6-9(8)17/h4-7H,1-3H3,(H,22,27). The van der Waals surface area contributed by atoms with Gasteiger partial charge in [-0.25, -0.2) is 4.98 Å². The molecule has 0 spiro atoms. The SMILES string of the molecule is COc1cc(-c2nc(C(C)NC(=O)c3cc(C(F)(F)F)nn3C)no2)c(Cl)cn1. The number of amides is 1. The molecule has 0 aromatic carbocycles. The van der Waals surface area contributed by atoms with Crippen molar-refractivity contribution in [1.29, 1.82) is 0 Å². The van der Waals surface area contributed by atoms with Crippen molar-refractivity contribution in [2.24, 2.45) is 7.05 Å². The molecule has 0 saturated heterocycles. The molecule has 0 bridgehead atoms. The number of ether oxygens (including phenoxy) is 1. The first-order valence-corrected chi connectivity index (χ1v) is 8.43. The van der Waals surface area contributed by atoms with Crippen molar-refractivity contribution < 1.29 is 27.2 Å². The molecular weight excluding hydrogens is 417 g/mol. The molecule has 0 radical (unpaired) electrons. The summed E-state index contributed by atoms with van der Waals surface area (Å²) in [6.45, 7) is 1.54. The quantitative estimate of drug-likeness (QED) is 0.662. The third-order valence-electron chi connectivity index (χ3n) is 3.85. The molecule has 13 heteroatoms. The van der Waals surface area contributed by atoms with E-state index in [1.54, 1.807) is 6.92 Å². The highest BCUT2D eigenvalue weighted by Gasteiger charge is 2.35. The van der Waals surface area contributed by atoms with Crippen molar-refractivity contribution in [3.05, 3.63) is 40.6 Å². The van der Waals surface area contributed by atoms with Gasteiger partial charge in [-0.05, 0) is 6.92 Å². The number of hydrogen-bond donors (Lipinski definition) is 1. The van der Waals surface area contributed by atoms with E-state index in [-0.39, 0.29) is 28.3 Å². The second-order valence-corrected chi connectivity index (χ2v) is 6.30. The maximum atomic E-state index is 12.8. The van der Waals surface area contributed by atoms with Gasteiger partial charge in [0.25, 0.3) is 11.8 Å². The Hall–Kier alpha value is -3.15. The number of nitrogens with zero attached hydrogens (tertiary/aromatic N) is 5. The number of carbonyl (C=O) groups is 1. The van der Waals surface area contributed by atoms with Crippen molar-refractivity contribution >= 4 is 17.5 Å². The minimum Gasteiger partial charge on any atom is -0.481 e. The van der Waals surface area contributed by atoms with E-state index in [4.69, 9.17) is 20.9 Å². The zero-order chi connectivity index (χ0) is 21.3. The molecule has 1 amide bonds. The van der Waals surface area contributed by atoms with Gasteiger partial charge in [0, 0.05) is 19.2 Å². The second kappa shape index (κ2) is 7.70. The Bertz CT molecular complexity index is 1050. The number of nitrogens with one attached hydrogen (secondary N) is 1. The topological polar surface area (TPSA) is 108 Å². The summed E-state index contributed by atoms with van der Waals surface area (Å²) >= 11 is 6.08. The first-order chi connectivity index (χ1) is 13.6. The summed E-state index contributed by atoms with van der Waals surface area (Å²) in [5.74, 6) is -0.342. The van der Waals surface area contributed by atoms with Crippen LogP contribution in [0, 0.1) is 0 Å². The highest BCUT2D eigenvalue weighted by atomic mass is 35.5. The van der Waals surface area contributed by atoms with Gasteiger partial charge in [-0.3, -0.25) is 9.48 Å². The van der Waals surface area contributed by atoms with Crippen molar-refractivity contribution in [1.82, 2.24) is 30.2 Å². The van der Waals surface area contributed by atoms with E-state index < -0.39 is 23.8 Å². The Labute approximate surface area is 166 Å². The van der Waals surface area contributed by atoms with Crippen LogP contribution in [0.5, 0.6) is 5.88 Å². The summed E-state index contributed by atoms with van der Waals surface area (Å²) in [4.78, 5) is 20.4. The lowest BCUT2D eigenvalue weighted by Gasteiger charge is -2.09. The minimum absolute atomic E-state index is 0.0617. The monoisotopic (exact) mass is 430 g/mol. The van der Waals surface area contributed by atoms with E-state index in [0.29, 0.717) is 11.6 Å². The third-order valence-corrected chi connectivity index (χ3v) is 4.15. The van der Waals surface area contributed by atoms with Crippen LogP contribution in [0.25, 0.3) is 11.5 Å². The fourth-order valence-corrected chi connectivity index (χ4v) is 2.55. The van der Waals surface area contributed by atoms with E-state index >= 15 is 0 Å². The Morgan fingerprint density at radius 1 is 1.38 bits per heavy atom. The molecule has 29 heavy (non-hydrogen) atoms. The van der Waals surface area contributed by atoms with Crippen LogP contribution in [0.15, 0.2) is 22.9 Å². The lowest BCUT2D eigenvalue weighted by atomic mass is 10.2. The van der Waals surface area contributed by atoms with Gasteiger partial charge in [-0.2, -0.15) is 23.3 Å². The van der Waals surface area contributed by atoms with Crippen LogP contribution in [0.1, 0.15) is 35.0 Å². The van der Waals surface area contributed by atoms with Crippen LogP contribution in [0.4, 0.5) is 13.2 Å². The van der Waals surface area contributed by atoms with Crippen molar-refractivity contribution in [3.8, 4) is 17.3 Å². The van der Waals surface area contributed by atoms with E-state index in [2.05, 4.69) is 25.5 Å². The third kappa shape index (κ3) is 4.31. The predicted molar refractivity (Wildman–Crippen MR) is 93.2 cm³/mol. The van der Waals surface area contributed by atoms with E-state index in [0.717, 1.165) is 4.68 Å². The lowest BCUT2D eigenvalue weighted by Crippen LogP contribution is -2.29. The molecule has 0 aliphatic rings. The summed E-state index contributed by atoms with van der Waals surface area (Å²) in [6.07, 6.45) is -3.30. The van der Waals surface area contributed by atoms with Gasteiger partial charge in [-0.15, -0.1) is 0 Å². The normalized spacial score (nSPS) is 12.7. The molecule has 1 N–H and O–H groups in total. The number of rotatable bonds is 5. The zero-order valence-electron chi connectivity index (χ0n) is 15.3. The Balaban J connectivity index is 1.78. The predicted octanol–water partition coefficient (Wildman–Crippen LogP) is 3.04. The fourth-order valence-electron chi connectivity index (χ4n) is 2.37. The molecule has 154 valence electrons. The lowest BCUT2D eigenvalue weighted by molar-refractivity contribution is -0.141. The summed E-state index contributed by atoms with van der Waals surface area (Å²) in [7, 11) is 2.67. The van der Waals surface area contributed by atoms with Crippen molar-refractivity contribution in [3.63, 3.8) is 0 Å². The smallest absolute Gasteiger partial charge is 0.435 e. The number of carbonyl (C=O) groups excluding carboxylic acids is 1. The van der Waals surface area contributed by atoms with E-state index in [1.807, 2.05) is 0 Å². The summed E-state index contributed by atoms with van der Waals surface area (Å²) in [6, 6.07) is 1.39. The van der Waals surface area contributed by atoms with Gasteiger partial charge < -0.3 is 14.6 Å². The van der Waals surface area contributed by atoms with Gasteiger partial charge in [0.15, 0.2) is 11.5 Å². The first kappa shape index (κ1) is 20.6. The maximum absolute atomic E-state index is 12.8. The van der Waals surface area contributed by atoms with Crippen LogP contribution < -0.4 is 10.1 Å². The van der Waals surface area contributed by atoms with E-state index in [1.165, 1.54) is 26.4 Å². The van der Waals surface area contributed by atoms with Gasteiger partial charge in [0.05, 0.1) is 29.9 Å². The summed E-state index contributed by atoms with van der Waals surface area (Å²) in [5.41, 5.74) is -1.06. The van der Waals surface area contributed by atoms with Gasteiger partial charge in [-0.1, -0.05) is 16.8 Å². The summed E-state index contributed by atoms with van der Waals surface area (Å²) < 4.78 is 49.3. The number of alkyl halides is 3. The molecule has 3 aromatic rings. The van der Waals surface area contributed by atoms with Crippen molar-refractivity contribution in [2.75, 3.05) is 7.11 Å². The Morgan fingerprint density at radius 2 is 2.10 bits per heavy atom. The molecule has 3 heterocycles. The number of pyridine rings is 1. The number of aryl methyl sites for hydroxylation is 1. The highest BCUT2D eigenvalue weighted by molar-refractivity contribution is 6.33.